The Kier molecular flexibility index (Phi) is 10.4. The lowest BCUT2D eigenvalue weighted by Gasteiger charge is -2.23. The Morgan fingerprint density at radius 2 is 1.88 bits per heavy atom. The van der Waals surface area contributed by atoms with E-state index in [1.165, 1.54) is 24.0 Å². The van der Waals surface area contributed by atoms with Gasteiger partial charge in [0.25, 0.3) is 0 Å². The molecule has 1 aliphatic carbocycles. The van der Waals surface area contributed by atoms with E-state index in [4.69, 9.17) is 4.74 Å². The van der Waals surface area contributed by atoms with E-state index in [0.29, 0.717) is 0 Å². The molecular formula is C19H33IN4O. The van der Waals surface area contributed by atoms with Gasteiger partial charge in [0.15, 0.2) is 5.96 Å². The summed E-state index contributed by atoms with van der Waals surface area (Å²) < 4.78 is 5.72. The molecule has 0 saturated heterocycles. The normalized spacial score (nSPS) is 14.4. The molecule has 0 radical (unpaired) electrons. The molecule has 0 atom stereocenters. The van der Waals surface area contributed by atoms with Crippen molar-refractivity contribution in [2.75, 3.05) is 47.9 Å². The summed E-state index contributed by atoms with van der Waals surface area (Å²) in [4.78, 5) is 8.70. The summed E-state index contributed by atoms with van der Waals surface area (Å²) in [7, 11) is 8.08. The van der Waals surface area contributed by atoms with Crippen LogP contribution in [0, 0.1) is 5.92 Å². The van der Waals surface area contributed by atoms with Crippen LogP contribution in [0.15, 0.2) is 29.3 Å². The molecule has 1 saturated carbocycles. The molecule has 25 heavy (non-hydrogen) atoms. The maximum Gasteiger partial charge on any atom is 0.193 e. The van der Waals surface area contributed by atoms with Crippen LogP contribution in [0.4, 0.5) is 0 Å². The second-order valence-corrected chi connectivity index (χ2v) is 6.85. The van der Waals surface area contributed by atoms with Gasteiger partial charge in [-0.15, -0.1) is 24.0 Å². The molecule has 1 fully saturated rings. The zero-order valence-corrected chi connectivity index (χ0v) is 18.3. The van der Waals surface area contributed by atoms with Crippen molar-refractivity contribution in [2.45, 2.75) is 25.9 Å². The third kappa shape index (κ3) is 8.37. The highest BCUT2D eigenvalue weighted by atomic mass is 127. The number of likely N-dealkylation sites (N-methyl/N-ethyl adjacent to an activating group) is 1. The second-order valence-electron chi connectivity index (χ2n) is 6.85. The molecule has 1 aromatic rings. The number of aliphatic imine (C=N–C) groups is 1. The summed E-state index contributed by atoms with van der Waals surface area (Å²) in [6.07, 6.45) is 2.68. The van der Waals surface area contributed by atoms with Crippen molar-refractivity contribution in [3.63, 3.8) is 0 Å². The smallest absolute Gasteiger partial charge is 0.193 e. The Morgan fingerprint density at radius 1 is 1.20 bits per heavy atom. The summed E-state index contributed by atoms with van der Waals surface area (Å²) >= 11 is 0. The number of benzene rings is 1. The minimum atomic E-state index is 0. The maximum atomic E-state index is 5.72. The molecule has 1 aliphatic rings. The Balaban J connectivity index is 0.00000312. The number of guanidine groups is 1. The Labute approximate surface area is 169 Å². The molecule has 0 spiro atoms. The highest BCUT2D eigenvalue weighted by Gasteiger charge is 2.21. The summed E-state index contributed by atoms with van der Waals surface area (Å²) in [6, 6.07) is 8.56. The van der Waals surface area contributed by atoms with Crippen molar-refractivity contribution in [1.82, 2.24) is 15.1 Å². The van der Waals surface area contributed by atoms with Crippen LogP contribution in [0.5, 0.6) is 0 Å². The molecule has 142 valence electrons. The average Bonchev–Trinajstić information content (AvgIpc) is 3.37. The highest BCUT2D eigenvalue weighted by molar-refractivity contribution is 14.0. The lowest BCUT2D eigenvalue weighted by Crippen LogP contribution is -2.40. The molecule has 1 N–H and O–H groups in total. The molecule has 5 nitrogen and oxygen atoms in total. The van der Waals surface area contributed by atoms with Crippen molar-refractivity contribution in [2.24, 2.45) is 10.9 Å². The van der Waals surface area contributed by atoms with Crippen LogP contribution < -0.4 is 5.32 Å². The molecule has 0 unspecified atom stereocenters. The molecule has 2 rings (SSSR count). The van der Waals surface area contributed by atoms with E-state index in [1.807, 2.05) is 7.05 Å². The van der Waals surface area contributed by atoms with Crippen LogP contribution >= 0.6 is 24.0 Å². The number of nitrogens with one attached hydrogen (secondary N) is 1. The number of nitrogens with zero attached hydrogens (tertiary/aromatic N) is 3. The van der Waals surface area contributed by atoms with Gasteiger partial charge in [-0.05, 0) is 44.0 Å². The quantitative estimate of drug-likeness (QED) is 0.266. The van der Waals surface area contributed by atoms with Crippen molar-refractivity contribution in [3.8, 4) is 0 Å². The molecule has 1 aromatic carbocycles. The first-order valence-electron chi connectivity index (χ1n) is 8.81. The topological polar surface area (TPSA) is 40.1 Å². The van der Waals surface area contributed by atoms with Gasteiger partial charge < -0.3 is 19.9 Å². The summed E-state index contributed by atoms with van der Waals surface area (Å²) in [6.45, 7) is 4.25. The monoisotopic (exact) mass is 460 g/mol. The maximum absolute atomic E-state index is 5.72. The predicted molar refractivity (Wildman–Crippen MR) is 116 cm³/mol. The fourth-order valence-corrected chi connectivity index (χ4v) is 2.63. The first kappa shape index (κ1) is 22.2. The number of hydrogen-bond acceptors (Lipinski definition) is 3. The second kappa shape index (κ2) is 11.7. The summed E-state index contributed by atoms with van der Waals surface area (Å²) in [5, 5.41) is 3.46. The molecule has 0 aliphatic heterocycles. The SMILES string of the molecule is CN=C(NCc1ccccc1CN(C)C)N(C)CCOCC1CC1.I. The third-order valence-electron chi connectivity index (χ3n) is 4.24. The number of ether oxygens (including phenoxy) is 1. The van der Waals surface area contributed by atoms with E-state index in [0.717, 1.165) is 44.7 Å². The molecule has 0 amide bonds. The first-order chi connectivity index (χ1) is 11.6. The van der Waals surface area contributed by atoms with Gasteiger partial charge in [0.2, 0.25) is 0 Å². The molecule has 0 aromatic heterocycles. The Hall–Kier alpha value is -0.860. The fourth-order valence-electron chi connectivity index (χ4n) is 2.63. The van der Waals surface area contributed by atoms with E-state index < -0.39 is 0 Å². The molecule has 6 heteroatoms. The van der Waals surface area contributed by atoms with Crippen LogP contribution in [0.2, 0.25) is 0 Å². The van der Waals surface area contributed by atoms with E-state index in [-0.39, 0.29) is 24.0 Å². The van der Waals surface area contributed by atoms with E-state index in [2.05, 4.69) is 65.5 Å². The highest BCUT2D eigenvalue weighted by Crippen LogP contribution is 2.28. The fraction of sp³-hybridized carbons (Fsp3) is 0.632. The summed E-state index contributed by atoms with van der Waals surface area (Å²) in [5.74, 6) is 1.73. The number of hydrogen-bond donors (Lipinski definition) is 1. The molecular weight excluding hydrogens is 427 g/mol. The van der Waals surface area contributed by atoms with E-state index in [9.17, 15) is 0 Å². The predicted octanol–water partition coefficient (Wildman–Crippen LogP) is 2.80. The van der Waals surface area contributed by atoms with Crippen molar-refractivity contribution in [3.05, 3.63) is 35.4 Å². The number of rotatable bonds is 9. The lowest BCUT2D eigenvalue weighted by molar-refractivity contribution is 0.115. The van der Waals surface area contributed by atoms with Gasteiger partial charge >= 0.3 is 0 Å². The lowest BCUT2D eigenvalue weighted by atomic mass is 10.1. The van der Waals surface area contributed by atoms with Crippen LogP contribution in [-0.4, -0.2) is 63.7 Å². The standard InChI is InChI=1S/C19H32N4O.HI/c1-20-19(23(4)11-12-24-15-16-9-10-16)21-13-17-7-5-6-8-18(17)14-22(2)3;/h5-8,16H,9-15H2,1-4H3,(H,20,21);1H. The van der Waals surface area contributed by atoms with Crippen molar-refractivity contribution in [1.29, 1.82) is 0 Å². The third-order valence-corrected chi connectivity index (χ3v) is 4.24. The average molecular weight is 460 g/mol. The Morgan fingerprint density at radius 3 is 2.48 bits per heavy atom. The van der Waals surface area contributed by atoms with Crippen LogP contribution in [0.3, 0.4) is 0 Å². The molecule has 0 bridgehead atoms. The first-order valence-corrected chi connectivity index (χ1v) is 8.81. The van der Waals surface area contributed by atoms with Gasteiger partial charge in [-0.2, -0.15) is 0 Å². The van der Waals surface area contributed by atoms with Gasteiger partial charge in [0, 0.05) is 40.3 Å². The van der Waals surface area contributed by atoms with Gasteiger partial charge in [0.1, 0.15) is 0 Å². The van der Waals surface area contributed by atoms with E-state index in [1.54, 1.807) is 0 Å². The van der Waals surface area contributed by atoms with Crippen LogP contribution in [0.25, 0.3) is 0 Å². The largest absolute Gasteiger partial charge is 0.379 e. The number of halogens is 1. The van der Waals surface area contributed by atoms with E-state index >= 15 is 0 Å². The minimum absolute atomic E-state index is 0. The van der Waals surface area contributed by atoms with Crippen LogP contribution in [-0.2, 0) is 17.8 Å². The minimum Gasteiger partial charge on any atom is -0.379 e. The zero-order valence-electron chi connectivity index (χ0n) is 16.0. The Bertz CT molecular complexity index is 532. The van der Waals surface area contributed by atoms with Gasteiger partial charge in [-0.3, -0.25) is 4.99 Å². The van der Waals surface area contributed by atoms with Crippen molar-refractivity contribution < 1.29 is 4.74 Å². The van der Waals surface area contributed by atoms with Gasteiger partial charge in [-0.1, -0.05) is 24.3 Å². The molecule has 0 heterocycles. The van der Waals surface area contributed by atoms with Gasteiger partial charge in [-0.25, -0.2) is 0 Å². The van der Waals surface area contributed by atoms with Crippen LogP contribution in [0.1, 0.15) is 24.0 Å². The van der Waals surface area contributed by atoms with Gasteiger partial charge in [0.05, 0.1) is 6.61 Å². The zero-order chi connectivity index (χ0) is 17.4. The summed E-state index contributed by atoms with van der Waals surface area (Å²) in [5.41, 5.74) is 2.66. The van der Waals surface area contributed by atoms with Crippen molar-refractivity contribution >= 4 is 29.9 Å².